The van der Waals surface area contributed by atoms with Gasteiger partial charge in [-0.3, -0.25) is 0 Å². The molecule has 23 heavy (non-hydrogen) atoms. The number of benzene rings is 1. The van der Waals surface area contributed by atoms with Crippen molar-refractivity contribution in [1.82, 2.24) is 4.90 Å². The zero-order valence-corrected chi connectivity index (χ0v) is 13.4. The molecule has 1 heterocycles. The van der Waals surface area contributed by atoms with Gasteiger partial charge in [-0.25, -0.2) is 4.79 Å². The van der Waals surface area contributed by atoms with Crippen LogP contribution in [0.1, 0.15) is 32.8 Å². The van der Waals surface area contributed by atoms with Crippen LogP contribution in [0.15, 0.2) is 24.3 Å². The predicted molar refractivity (Wildman–Crippen MR) is 81.3 cm³/mol. The van der Waals surface area contributed by atoms with Crippen molar-refractivity contribution in [3.63, 3.8) is 0 Å². The van der Waals surface area contributed by atoms with E-state index in [9.17, 15) is 18.0 Å². The number of halogens is 3. The Hall–Kier alpha value is -1.92. The van der Waals surface area contributed by atoms with Gasteiger partial charge in [0.15, 0.2) is 0 Å². The van der Waals surface area contributed by atoms with Gasteiger partial charge in [-0.05, 0) is 51.5 Å². The molecule has 2 rings (SSSR count). The number of likely N-dealkylation sites (tertiary alicyclic amines) is 1. The van der Waals surface area contributed by atoms with Crippen LogP contribution in [-0.2, 0) is 10.9 Å². The highest BCUT2D eigenvalue weighted by molar-refractivity contribution is 5.68. The Bertz CT molecular complexity index is 550. The van der Waals surface area contributed by atoms with Crippen LogP contribution < -0.4 is 5.32 Å². The molecule has 1 aromatic rings. The topological polar surface area (TPSA) is 41.6 Å². The van der Waals surface area contributed by atoms with Crippen LogP contribution in [-0.4, -0.2) is 35.7 Å². The lowest BCUT2D eigenvalue weighted by molar-refractivity contribution is -0.137. The molecule has 4 nitrogen and oxygen atoms in total. The Labute approximate surface area is 133 Å². The second-order valence-corrected chi connectivity index (χ2v) is 6.63. The molecule has 0 unspecified atom stereocenters. The maximum atomic E-state index is 12.5. The van der Waals surface area contributed by atoms with Crippen molar-refractivity contribution in [3.05, 3.63) is 29.8 Å². The molecule has 1 fully saturated rings. The van der Waals surface area contributed by atoms with Crippen molar-refractivity contribution in [1.29, 1.82) is 0 Å². The smallest absolute Gasteiger partial charge is 0.416 e. The number of alkyl halides is 3. The second kappa shape index (κ2) is 6.29. The number of carbonyl (C=O) groups excluding carboxylic acids is 1. The van der Waals surface area contributed by atoms with Crippen LogP contribution in [0.2, 0.25) is 0 Å². The van der Waals surface area contributed by atoms with Gasteiger partial charge in [0.1, 0.15) is 5.60 Å². The summed E-state index contributed by atoms with van der Waals surface area (Å²) in [4.78, 5) is 13.6. The first-order valence-corrected chi connectivity index (χ1v) is 7.46. The molecule has 1 amide bonds. The van der Waals surface area contributed by atoms with Crippen molar-refractivity contribution in [2.45, 2.75) is 45.0 Å². The number of hydrogen-bond acceptors (Lipinski definition) is 3. The minimum Gasteiger partial charge on any atom is -0.444 e. The Morgan fingerprint density at radius 1 is 1.22 bits per heavy atom. The SMILES string of the molecule is CC(C)(C)OC(=O)N1CC[C@@H](Nc2ccc(C(F)(F)F)cc2)C1. The van der Waals surface area contributed by atoms with E-state index in [1.165, 1.54) is 12.1 Å². The first-order valence-electron chi connectivity index (χ1n) is 7.46. The average Bonchev–Trinajstić information content (AvgIpc) is 2.85. The predicted octanol–water partition coefficient (Wildman–Crippen LogP) is 4.13. The number of hydrogen-bond donors (Lipinski definition) is 1. The zero-order chi connectivity index (χ0) is 17.3. The summed E-state index contributed by atoms with van der Waals surface area (Å²) in [7, 11) is 0. The van der Waals surface area contributed by atoms with Crippen molar-refractivity contribution in [3.8, 4) is 0 Å². The van der Waals surface area contributed by atoms with E-state index in [1.807, 2.05) is 0 Å². The van der Waals surface area contributed by atoms with Crippen LogP contribution in [0.5, 0.6) is 0 Å². The molecule has 1 aromatic carbocycles. The van der Waals surface area contributed by atoms with E-state index < -0.39 is 17.3 Å². The molecule has 0 bridgehead atoms. The van der Waals surface area contributed by atoms with Crippen molar-refractivity contribution >= 4 is 11.8 Å². The summed E-state index contributed by atoms with van der Waals surface area (Å²) < 4.78 is 42.9. The van der Waals surface area contributed by atoms with E-state index in [2.05, 4.69) is 5.32 Å². The average molecular weight is 330 g/mol. The molecule has 0 saturated carbocycles. The van der Waals surface area contributed by atoms with E-state index in [4.69, 9.17) is 4.74 Å². The second-order valence-electron chi connectivity index (χ2n) is 6.63. The van der Waals surface area contributed by atoms with Crippen LogP contribution in [0.25, 0.3) is 0 Å². The lowest BCUT2D eigenvalue weighted by Crippen LogP contribution is -2.36. The first-order chi connectivity index (χ1) is 10.5. The molecule has 1 aliphatic heterocycles. The summed E-state index contributed by atoms with van der Waals surface area (Å²) in [5, 5.41) is 3.15. The van der Waals surface area contributed by atoms with Gasteiger partial charge >= 0.3 is 12.3 Å². The quantitative estimate of drug-likeness (QED) is 0.886. The van der Waals surface area contributed by atoms with Gasteiger partial charge in [0.2, 0.25) is 0 Å². The van der Waals surface area contributed by atoms with Crippen molar-refractivity contribution in [2.75, 3.05) is 18.4 Å². The third-order valence-corrected chi connectivity index (χ3v) is 3.42. The van der Waals surface area contributed by atoms with Gasteiger partial charge in [0, 0.05) is 24.8 Å². The maximum absolute atomic E-state index is 12.5. The summed E-state index contributed by atoms with van der Waals surface area (Å²) in [6, 6.07) is 4.89. The molecule has 0 aliphatic carbocycles. The molecule has 1 N–H and O–H groups in total. The molecule has 1 aliphatic rings. The van der Waals surface area contributed by atoms with Crippen LogP contribution in [0.4, 0.5) is 23.7 Å². The van der Waals surface area contributed by atoms with Gasteiger partial charge in [0.25, 0.3) is 0 Å². The summed E-state index contributed by atoms with van der Waals surface area (Å²) in [5.74, 6) is 0. The largest absolute Gasteiger partial charge is 0.444 e. The molecule has 128 valence electrons. The molecule has 0 radical (unpaired) electrons. The summed E-state index contributed by atoms with van der Waals surface area (Å²) in [6.45, 7) is 6.44. The highest BCUT2D eigenvalue weighted by Crippen LogP contribution is 2.30. The number of ether oxygens (including phenoxy) is 1. The number of anilines is 1. The van der Waals surface area contributed by atoms with E-state index in [1.54, 1.807) is 25.7 Å². The number of carbonyl (C=O) groups is 1. The Balaban J connectivity index is 1.89. The lowest BCUT2D eigenvalue weighted by atomic mass is 10.2. The Morgan fingerprint density at radius 2 is 1.83 bits per heavy atom. The maximum Gasteiger partial charge on any atom is 0.416 e. The van der Waals surface area contributed by atoms with E-state index in [0.717, 1.165) is 18.6 Å². The summed E-state index contributed by atoms with van der Waals surface area (Å²) >= 11 is 0. The molecular formula is C16H21F3N2O2. The van der Waals surface area contributed by atoms with E-state index in [0.29, 0.717) is 18.8 Å². The van der Waals surface area contributed by atoms with Gasteiger partial charge in [0.05, 0.1) is 5.56 Å². The van der Waals surface area contributed by atoms with Crippen LogP contribution in [0, 0.1) is 0 Å². The Morgan fingerprint density at radius 3 is 2.35 bits per heavy atom. The van der Waals surface area contributed by atoms with Gasteiger partial charge in [-0.2, -0.15) is 13.2 Å². The van der Waals surface area contributed by atoms with E-state index >= 15 is 0 Å². The van der Waals surface area contributed by atoms with Crippen molar-refractivity contribution < 1.29 is 22.7 Å². The minimum atomic E-state index is -4.33. The lowest BCUT2D eigenvalue weighted by Gasteiger charge is -2.24. The van der Waals surface area contributed by atoms with E-state index in [-0.39, 0.29) is 12.1 Å². The summed E-state index contributed by atoms with van der Waals surface area (Å²) in [6.07, 6.45) is -3.98. The highest BCUT2D eigenvalue weighted by atomic mass is 19.4. The Kier molecular flexibility index (Phi) is 4.77. The molecular weight excluding hydrogens is 309 g/mol. The van der Waals surface area contributed by atoms with Crippen LogP contribution >= 0.6 is 0 Å². The molecule has 0 aromatic heterocycles. The normalized spacial score (nSPS) is 18.9. The fraction of sp³-hybridized carbons (Fsp3) is 0.562. The minimum absolute atomic E-state index is 0.000690. The van der Waals surface area contributed by atoms with Gasteiger partial charge in [-0.15, -0.1) is 0 Å². The molecule has 0 spiro atoms. The van der Waals surface area contributed by atoms with Gasteiger partial charge < -0.3 is 15.0 Å². The highest BCUT2D eigenvalue weighted by Gasteiger charge is 2.31. The first kappa shape index (κ1) is 17.4. The third-order valence-electron chi connectivity index (χ3n) is 3.42. The van der Waals surface area contributed by atoms with Gasteiger partial charge in [-0.1, -0.05) is 0 Å². The van der Waals surface area contributed by atoms with Crippen LogP contribution in [0.3, 0.4) is 0 Å². The standard InChI is InChI=1S/C16H21F3N2O2/c1-15(2,3)23-14(22)21-9-8-13(10-21)20-12-6-4-11(5-7-12)16(17,18)19/h4-7,13,20H,8-10H2,1-3H3/t13-/m1/s1. The van der Waals surface area contributed by atoms with Crippen molar-refractivity contribution in [2.24, 2.45) is 0 Å². The molecule has 1 atom stereocenters. The zero-order valence-electron chi connectivity index (χ0n) is 13.4. The molecule has 1 saturated heterocycles. The monoisotopic (exact) mass is 330 g/mol. The fourth-order valence-corrected chi connectivity index (χ4v) is 2.36. The molecule has 7 heteroatoms. The fourth-order valence-electron chi connectivity index (χ4n) is 2.36. The number of amides is 1. The number of rotatable bonds is 2. The third kappa shape index (κ3) is 5.04. The summed E-state index contributed by atoms with van der Waals surface area (Å²) in [5.41, 5.74) is -0.616. The number of nitrogens with zero attached hydrogens (tertiary/aromatic N) is 1. The number of nitrogens with one attached hydrogen (secondary N) is 1.